The van der Waals surface area contributed by atoms with E-state index in [0.29, 0.717) is 11.3 Å². The Morgan fingerprint density at radius 1 is 1.25 bits per heavy atom. The average molecular weight is 228 g/mol. The summed E-state index contributed by atoms with van der Waals surface area (Å²) >= 11 is 0. The van der Waals surface area contributed by atoms with Gasteiger partial charge in [-0.3, -0.25) is 0 Å². The molecule has 96 valence electrons. The topological polar surface area (TPSA) is 32.3 Å². The smallest absolute Gasteiger partial charge is 0.316 e. The molecule has 0 aliphatic rings. The van der Waals surface area contributed by atoms with Crippen molar-refractivity contribution in [3.63, 3.8) is 0 Å². The molecule has 0 fully saturated rings. The summed E-state index contributed by atoms with van der Waals surface area (Å²) in [7, 11) is 3.52. The zero-order chi connectivity index (χ0) is 12.8. The van der Waals surface area contributed by atoms with E-state index >= 15 is 0 Å². The van der Waals surface area contributed by atoms with Gasteiger partial charge < -0.3 is 10.2 Å². The minimum Gasteiger partial charge on any atom is -0.338 e. The number of hydrogen-bond donors (Lipinski definition) is 1. The molecule has 0 atom stereocenters. The molecule has 0 saturated carbocycles. The molecule has 0 radical (unpaired) electrons. The molecule has 0 saturated heterocycles. The molecule has 3 nitrogen and oxygen atoms in total. The molecule has 3 heteroatoms. The van der Waals surface area contributed by atoms with Crippen LogP contribution in [0.3, 0.4) is 0 Å². The summed E-state index contributed by atoms with van der Waals surface area (Å²) in [6, 6.07) is 0.00289. The van der Waals surface area contributed by atoms with E-state index in [4.69, 9.17) is 0 Å². The first kappa shape index (κ1) is 15.3. The van der Waals surface area contributed by atoms with Crippen molar-refractivity contribution in [2.45, 2.75) is 47.0 Å². The molecule has 0 aliphatic carbocycles. The van der Waals surface area contributed by atoms with Crippen LogP contribution in [0.1, 0.15) is 47.0 Å². The molecule has 0 heterocycles. The zero-order valence-electron chi connectivity index (χ0n) is 11.8. The lowest BCUT2D eigenvalue weighted by molar-refractivity contribution is 0.213. The fourth-order valence-electron chi connectivity index (χ4n) is 1.35. The van der Waals surface area contributed by atoms with Crippen LogP contribution in [0.25, 0.3) is 0 Å². The summed E-state index contributed by atoms with van der Waals surface area (Å²) in [4.78, 5) is 12.8. The summed E-state index contributed by atoms with van der Waals surface area (Å²) in [5.74, 6) is 0.712. The van der Waals surface area contributed by atoms with Gasteiger partial charge in [0.2, 0.25) is 0 Å². The predicted octanol–water partition coefficient (Wildman–Crippen LogP) is 3.11. The van der Waals surface area contributed by atoms with E-state index in [1.165, 1.54) is 12.8 Å². The Morgan fingerprint density at radius 2 is 1.81 bits per heavy atom. The predicted molar refractivity (Wildman–Crippen MR) is 69.6 cm³/mol. The molecular formula is C13H28N2O. The molecule has 0 aromatic carbocycles. The number of unbranched alkanes of at least 4 members (excludes halogenated alkanes) is 1. The molecule has 2 amide bonds. The third-order valence-corrected chi connectivity index (χ3v) is 3.49. The molecule has 0 aromatic heterocycles. The summed E-state index contributed by atoms with van der Waals surface area (Å²) < 4.78 is 0. The van der Waals surface area contributed by atoms with Gasteiger partial charge in [0.05, 0.1) is 0 Å². The molecule has 16 heavy (non-hydrogen) atoms. The normalized spacial score (nSPS) is 11.7. The Labute approximate surface area is 101 Å². The number of amides is 2. The summed E-state index contributed by atoms with van der Waals surface area (Å²) in [5.41, 5.74) is 0.408. The molecular weight excluding hydrogens is 200 g/mol. The third-order valence-electron chi connectivity index (χ3n) is 3.49. The molecule has 0 spiro atoms. The van der Waals surface area contributed by atoms with Crippen LogP contribution in [0.15, 0.2) is 0 Å². The number of rotatable bonds is 6. The lowest BCUT2D eigenvalue weighted by Crippen LogP contribution is -2.35. The average Bonchev–Trinajstić information content (AvgIpc) is 2.16. The lowest BCUT2D eigenvalue weighted by atomic mass is 9.77. The molecule has 0 aliphatic heterocycles. The number of urea groups is 1. The first-order chi connectivity index (χ1) is 7.27. The highest BCUT2D eigenvalue weighted by Crippen LogP contribution is 2.31. The van der Waals surface area contributed by atoms with E-state index in [9.17, 15) is 4.79 Å². The van der Waals surface area contributed by atoms with E-state index in [2.05, 4.69) is 33.0 Å². The third kappa shape index (κ3) is 5.99. The van der Waals surface area contributed by atoms with Gasteiger partial charge in [0.15, 0.2) is 0 Å². The van der Waals surface area contributed by atoms with Crippen LogP contribution >= 0.6 is 0 Å². The number of nitrogens with one attached hydrogen (secondary N) is 1. The minimum atomic E-state index is 0.00289. The van der Waals surface area contributed by atoms with Crippen LogP contribution in [0.5, 0.6) is 0 Å². The second kappa shape index (κ2) is 6.77. The second-order valence-corrected chi connectivity index (χ2v) is 5.73. The van der Waals surface area contributed by atoms with Crippen LogP contribution in [-0.4, -0.2) is 31.6 Å². The van der Waals surface area contributed by atoms with Crippen molar-refractivity contribution in [3.05, 3.63) is 0 Å². The van der Waals surface area contributed by atoms with Gasteiger partial charge in [-0.25, -0.2) is 4.79 Å². The van der Waals surface area contributed by atoms with E-state index < -0.39 is 0 Å². The number of carbonyl (C=O) groups is 1. The SMILES string of the molecule is CC(C)C(C)(C)CCCCNC(=O)N(C)C. The molecule has 0 unspecified atom stereocenters. The Hall–Kier alpha value is -0.730. The van der Waals surface area contributed by atoms with Gasteiger partial charge in [0, 0.05) is 20.6 Å². The maximum atomic E-state index is 11.2. The lowest BCUT2D eigenvalue weighted by Gasteiger charge is -2.29. The Bertz CT molecular complexity index is 210. The zero-order valence-corrected chi connectivity index (χ0v) is 11.8. The highest BCUT2D eigenvalue weighted by molar-refractivity contribution is 5.73. The van der Waals surface area contributed by atoms with Crippen molar-refractivity contribution in [2.75, 3.05) is 20.6 Å². The highest BCUT2D eigenvalue weighted by Gasteiger charge is 2.21. The van der Waals surface area contributed by atoms with Gasteiger partial charge in [-0.05, 0) is 24.2 Å². The van der Waals surface area contributed by atoms with Crippen molar-refractivity contribution in [3.8, 4) is 0 Å². The molecule has 0 rings (SSSR count). The number of nitrogens with zero attached hydrogens (tertiary/aromatic N) is 1. The maximum absolute atomic E-state index is 11.2. The number of carbonyl (C=O) groups excluding carboxylic acids is 1. The molecule has 0 aromatic rings. The quantitative estimate of drug-likeness (QED) is 0.696. The van der Waals surface area contributed by atoms with Crippen LogP contribution in [0.2, 0.25) is 0 Å². The Balaban J connectivity index is 3.58. The van der Waals surface area contributed by atoms with E-state index in [0.717, 1.165) is 13.0 Å². The van der Waals surface area contributed by atoms with Gasteiger partial charge in [-0.2, -0.15) is 0 Å². The highest BCUT2D eigenvalue weighted by atomic mass is 16.2. The first-order valence-electron chi connectivity index (χ1n) is 6.22. The monoisotopic (exact) mass is 228 g/mol. The first-order valence-corrected chi connectivity index (χ1v) is 6.22. The fraction of sp³-hybridized carbons (Fsp3) is 0.923. The van der Waals surface area contributed by atoms with Crippen molar-refractivity contribution >= 4 is 6.03 Å². The van der Waals surface area contributed by atoms with Crippen molar-refractivity contribution in [1.82, 2.24) is 10.2 Å². The van der Waals surface area contributed by atoms with E-state index in [1.807, 2.05) is 0 Å². The summed E-state index contributed by atoms with van der Waals surface area (Å²) in [6.45, 7) is 9.96. The maximum Gasteiger partial charge on any atom is 0.316 e. The Kier molecular flexibility index (Phi) is 6.46. The van der Waals surface area contributed by atoms with Crippen LogP contribution in [0, 0.1) is 11.3 Å². The summed E-state index contributed by atoms with van der Waals surface area (Å²) in [6.07, 6.45) is 3.47. The van der Waals surface area contributed by atoms with Gasteiger partial charge in [0.1, 0.15) is 0 Å². The minimum absolute atomic E-state index is 0.00289. The largest absolute Gasteiger partial charge is 0.338 e. The van der Waals surface area contributed by atoms with Crippen molar-refractivity contribution < 1.29 is 4.79 Å². The van der Waals surface area contributed by atoms with Crippen LogP contribution in [0.4, 0.5) is 4.79 Å². The van der Waals surface area contributed by atoms with Crippen LogP contribution < -0.4 is 5.32 Å². The number of hydrogen-bond acceptors (Lipinski definition) is 1. The molecule has 0 bridgehead atoms. The van der Waals surface area contributed by atoms with Gasteiger partial charge in [-0.1, -0.05) is 34.1 Å². The second-order valence-electron chi connectivity index (χ2n) is 5.73. The summed E-state index contributed by atoms with van der Waals surface area (Å²) in [5, 5.41) is 2.88. The molecule has 1 N–H and O–H groups in total. The van der Waals surface area contributed by atoms with Crippen LogP contribution in [-0.2, 0) is 0 Å². The van der Waals surface area contributed by atoms with Crippen molar-refractivity contribution in [2.24, 2.45) is 11.3 Å². The van der Waals surface area contributed by atoms with E-state index in [-0.39, 0.29) is 6.03 Å². The van der Waals surface area contributed by atoms with E-state index in [1.54, 1.807) is 19.0 Å². The van der Waals surface area contributed by atoms with Crippen molar-refractivity contribution in [1.29, 1.82) is 0 Å². The van der Waals surface area contributed by atoms with Gasteiger partial charge in [-0.15, -0.1) is 0 Å². The Morgan fingerprint density at radius 3 is 2.25 bits per heavy atom. The van der Waals surface area contributed by atoms with Gasteiger partial charge >= 0.3 is 6.03 Å². The van der Waals surface area contributed by atoms with Gasteiger partial charge in [0.25, 0.3) is 0 Å². The standard InChI is InChI=1S/C13H28N2O/c1-11(2)13(3,4)9-7-8-10-14-12(16)15(5)6/h11H,7-10H2,1-6H3,(H,14,16). The fourth-order valence-corrected chi connectivity index (χ4v) is 1.35.